The van der Waals surface area contributed by atoms with E-state index in [1.54, 1.807) is 19.2 Å². The lowest BCUT2D eigenvalue weighted by atomic mass is 10.1. The van der Waals surface area contributed by atoms with Crippen molar-refractivity contribution in [3.63, 3.8) is 0 Å². The average molecular weight is 475 g/mol. The first kappa shape index (κ1) is 22.6. The molecule has 0 saturated carbocycles. The van der Waals surface area contributed by atoms with E-state index in [9.17, 15) is 9.18 Å². The Kier molecular flexibility index (Phi) is 6.22. The minimum Gasteiger partial charge on any atom is -0.497 e. The lowest BCUT2D eigenvalue weighted by Crippen LogP contribution is -2.52. The van der Waals surface area contributed by atoms with E-state index in [-0.39, 0.29) is 17.9 Å². The summed E-state index contributed by atoms with van der Waals surface area (Å²) >= 11 is 0. The molecule has 3 heterocycles. The van der Waals surface area contributed by atoms with Gasteiger partial charge in [0.1, 0.15) is 29.4 Å². The summed E-state index contributed by atoms with van der Waals surface area (Å²) in [5, 5.41) is 3.98. The van der Waals surface area contributed by atoms with Crippen LogP contribution in [-0.2, 0) is 0 Å². The summed E-state index contributed by atoms with van der Waals surface area (Å²) in [5.74, 6) is 1.32. The number of carbonyl (C=O) groups excluding carboxylic acids is 1. The van der Waals surface area contributed by atoms with Gasteiger partial charge in [-0.25, -0.2) is 19.2 Å². The van der Waals surface area contributed by atoms with Crippen molar-refractivity contribution in [3.05, 3.63) is 72.3 Å². The summed E-state index contributed by atoms with van der Waals surface area (Å²) in [6, 6.07) is 15.8. The number of aromatic nitrogens is 3. The molecule has 2 aromatic heterocycles. The molecule has 0 aliphatic carbocycles. The summed E-state index contributed by atoms with van der Waals surface area (Å²) in [4.78, 5) is 29.1. The van der Waals surface area contributed by atoms with Crippen molar-refractivity contribution in [2.24, 2.45) is 0 Å². The number of urea groups is 1. The third kappa shape index (κ3) is 4.75. The fraction of sp³-hybridized carbons (Fsp3) is 0.269. The first-order valence-electron chi connectivity index (χ1n) is 11.6. The number of hydrogen-bond acceptors (Lipinski definition) is 5. The molecule has 1 atom stereocenters. The summed E-state index contributed by atoms with van der Waals surface area (Å²) in [6.45, 7) is 4.44. The van der Waals surface area contributed by atoms with E-state index >= 15 is 0 Å². The molecule has 8 nitrogen and oxygen atoms in total. The fourth-order valence-electron chi connectivity index (χ4n) is 4.36. The van der Waals surface area contributed by atoms with Gasteiger partial charge in [-0.2, -0.15) is 0 Å². The molecule has 4 aromatic rings. The maximum Gasteiger partial charge on any atom is 0.317 e. The lowest BCUT2D eigenvalue weighted by Gasteiger charge is -2.36. The number of ether oxygens (including phenoxy) is 1. The van der Waals surface area contributed by atoms with Crippen LogP contribution >= 0.6 is 0 Å². The highest BCUT2D eigenvalue weighted by Crippen LogP contribution is 2.29. The monoisotopic (exact) mass is 474 g/mol. The predicted molar refractivity (Wildman–Crippen MR) is 133 cm³/mol. The number of amides is 2. The van der Waals surface area contributed by atoms with E-state index in [0.29, 0.717) is 26.2 Å². The molecule has 2 aromatic carbocycles. The number of halogens is 1. The van der Waals surface area contributed by atoms with E-state index < -0.39 is 0 Å². The molecule has 1 aliphatic heterocycles. The largest absolute Gasteiger partial charge is 0.497 e. The van der Waals surface area contributed by atoms with Crippen LogP contribution in [0.2, 0.25) is 0 Å². The summed E-state index contributed by atoms with van der Waals surface area (Å²) < 4.78 is 18.6. The number of piperazine rings is 1. The number of anilines is 1. The van der Waals surface area contributed by atoms with Gasteiger partial charge < -0.3 is 24.8 Å². The van der Waals surface area contributed by atoms with Crippen molar-refractivity contribution in [1.29, 1.82) is 0 Å². The second-order valence-electron chi connectivity index (χ2n) is 8.57. The minimum absolute atomic E-state index is 0.0898. The van der Waals surface area contributed by atoms with Gasteiger partial charge in [-0.05, 0) is 60.5 Å². The van der Waals surface area contributed by atoms with Crippen LogP contribution in [-0.4, -0.2) is 59.2 Å². The van der Waals surface area contributed by atoms with Gasteiger partial charge in [0.2, 0.25) is 0 Å². The van der Waals surface area contributed by atoms with Crippen LogP contribution in [0.15, 0.2) is 60.9 Å². The van der Waals surface area contributed by atoms with Crippen LogP contribution in [0.4, 0.5) is 15.0 Å². The number of benzene rings is 2. The Morgan fingerprint density at radius 3 is 2.60 bits per heavy atom. The second kappa shape index (κ2) is 9.61. The van der Waals surface area contributed by atoms with E-state index in [1.165, 1.54) is 18.5 Å². The molecule has 1 aliphatic rings. The van der Waals surface area contributed by atoms with E-state index in [2.05, 4.69) is 25.2 Å². The molecular weight excluding hydrogens is 447 g/mol. The zero-order valence-electron chi connectivity index (χ0n) is 19.7. The van der Waals surface area contributed by atoms with Gasteiger partial charge in [0, 0.05) is 31.9 Å². The van der Waals surface area contributed by atoms with Crippen molar-refractivity contribution in [2.45, 2.75) is 13.0 Å². The van der Waals surface area contributed by atoms with Crippen LogP contribution in [0.1, 0.15) is 18.5 Å². The van der Waals surface area contributed by atoms with Crippen molar-refractivity contribution in [3.8, 4) is 17.0 Å². The van der Waals surface area contributed by atoms with Gasteiger partial charge in [0.15, 0.2) is 0 Å². The molecule has 1 saturated heterocycles. The maximum atomic E-state index is 13.3. The third-order valence-corrected chi connectivity index (χ3v) is 6.36. The fourth-order valence-corrected chi connectivity index (χ4v) is 4.36. The Morgan fingerprint density at radius 1 is 1.09 bits per heavy atom. The van der Waals surface area contributed by atoms with E-state index in [0.717, 1.165) is 39.4 Å². The minimum atomic E-state index is -0.273. The summed E-state index contributed by atoms with van der Waals surface area (Å²) in [5.41, 5.74) is 3.44. The Hall–Kier alpha value is -4.14. The molecule has 0 bridgehead atoms. The van der Waals surface area contributed by atoms with Gasteiger partial charge in [-0.1, -0.05) is 12.1 Å². The second-order valence-corrected chi connectivity index (χ2v) is 8.57. The maximum absolute atomic E-state index is 13.3. The molecule has 2 amide bonds. The SMILES string of the molecule is COc1cccc([C@H](C)NC(=O)N2CCN(c3ncnc4[nH]c(-c5ccc(F)cc5)cc34)CC2)c1. The molecule has 0 radical (unpaired) electrons. The van der Waals surface area contributed by atoms with Gasteiger partial charge in [0.05, 0.1) is 18.5 Å². The molecule has 35 heavy (non-hydrogen) atoms. The number of carbonyl (C=O) groups is 1. The number of methoxy groups -OCH3 is 1. The molecule has 0 spiro atoms. The molecule has 9 heteroatoms. The first-order valence-corrected chi connectivity index (χ1v) is 11.6. The van der Waals surface area contributed by atoms with Gasteiger partial charge in [-0.15, -0.1) is 0 Å². The van der Waals surface area contributed by atoms with Crippen molar-refractivity contribution in [1.82, 2.24) is 25.2 Å². The van der Waals surface area contributed by atoms with Gasteiger partial charge in [0.25, 0.3) is 0 Å². The molecule has 180 valence electrons. The average Bonchev–Trinajstić information content (AvgIpc) is 3.34. The number of H-pyrrole nitrogens is 1. The number of aromatic amines is 1. The highest BCUT2D eigenvalue weighted by Gasteiger charge is 2.25. The normalized spacial score (nSPS) is 14.7. The Labute approximate surface area is 202 Å². The zero-order valence-corrected chi connectivity index (χ0v) is 19.7. The quantitative estimate of drug-likeness (QED) is 0.449. The van der Waals surface area contributed by atoms with Crippen molar-refractivity contribution < 1.29 is 13.9 Å². The number of rotatable bonds is 5. The Morgan fingerprint density at radius 2 is 1.86 bits per heavy atom. The molecule has 2 N–H and O–H groups in total. The van der Waals surface area contributed by atoms with Crippen molar-refractivity contribution >= 4 is 22.9 Å². The van der Waals surface area contributed by atoms with Crippen LogP contribution in [0.25, 0.3) is 22.3 Å². The number of hydrogen-bond donors (Lipinski definition) is 2. The lowest BCUT2D eigenvalue weighted by molar-refractivity contribution is 0.191. The number of nitrogens with one attached hydrogen (secondary N) is 2. The van der Waals surface area contributed by atoms with Crippen LogP contribution in [0.3, 0.4) is 0 Å². The highest BCUT2D eigenvalue weighted by atomic mass is 19.1. The first-order chi connectivity index (χ1) is 17.0. The number of fused-ring (bicyclic) bond motifs is 1. The number of nitrogens with zero attached hydrogens (tertiary/aromatic N) is 4. The zero-order chi connectivity index (χ0) is 24.4. The van der Waals surface area contributed by atoms with E-state index in [4.69, 9.17) is 4.74 Å². The van der Waals surface area contributed by atoms with Crippen LogP contribution in [0, 0.1) is 5.82 Å². The standard InChI is InChI=1S/C26H27FN6O2/c1-17(19-4-3-5-21(14-19)35-2)30-26(34)33-12-10-32(11-13-33)25-22-15-23(31-24(22)28-16-29-25)18-6-8-20(27)9-7-18/h3-9,14-17H,10-13H2,1-2H3,(H,30,34)(H,28,29,31)/t17-/m0/s1. The summed E-state index contributed by atoms with van der Waals surface area (Å²) in [7, 11) is 1.63. The molecule has 0 unspecified atom stereocenters. The van der Waals surface area contributed by atoms with Crippen molar-refractivity contribution in [2.75, 3.05) is 38.2 Å². The van der Waals surface area contributed by atoms with Crippen LogP contribution < -0.4 is 15.0 Å². The highest BCUT2D eigenvalue weighted by molar-refractivity contribution is 5.92. The van der Waals surface area contributed by atoms with Gasteiger partial charge >= 0.3 is 6.03 Å². The third-order valence-electron chi connectivity index (χ3n) is 6.36. The molecular formula is C26H27FN6O2. The smallest absolute Gasteiger partial charge is 0.317 e. The Balaban J connectivity index is 1.25. The van der Waals surface area contributed by atoms with Gasteiger partial charge in [-0.3, -0.25) is 0 Å². The molecule has 5 rings (SSSR count). The van der Waals surface area contributed by atoms with Crippen LogP contribution in [0.5, 0.6) is 5.75 Å². The summed E-state index contributed by atoms with van der Waals surface area (Å²) in [6.07, 6.45) is 1.54. The Bertz CT molecular complexity index is 1330. The molecule has 1 fully saturated rings. The predicted octanol–water partition coefficient (Wildman–Crippen LogP) is 4.37. The van der Waals surface area contributed by atoms with E-state index in [1.807, 2.05) is 42.2 Å². The topological polar surface area (TPSA) is 86.4 Å².